The van der Waals surface area contributed by atoms with Crippen molar-refractivity contribution in [1.29, 1.82) is 0 Å². The highest BCUT2D eigenvalue weighted by molar-refractivity contribution is 5.80. The minimum absolute atomic E-state index is 0.101. The van der Waals surface area contributed by atoms with E-state index in [9.17, 15) is 9.90 Å². The predicted octanol–water partition coefficient (Wildman–Crippen LogP) is 1.80. The zero-order chi connectivity index (χ0) is 11.0. The lowest BCUT2D eigenvalue weighted by molar-refractivity contribution is -0.140. The second kappa shape index (κ2) is 7.80. The van der Waals surface area contributed by atoms with Crippen LogP contribution in [-0.2, 0) is 4.79 Å². The van der Waals surface area contributed by atoms with E-state index in [-0.39, 0.29) is 5.91 Å². The Kier molecular flexibility index (Phi) is 7.48. The number of amides is 1. The molecular formula is C11H23NO2. The summed E-state index contributed by atoms with van der Waals surface area (Å²) in [5, 5.41) is 9.55. The molecule has 0 bridgehead atoms. The molecule has 0 saturated heterocycles. The van der Waals surface area contributed by atoms with Crippen LogP contribution < -0.4 is 0 Å². The fourth-order valence-corrected chi connectivity index (χ4v) is 1.48. The first kappa shape index (κ1) is 13.4. The average molecular weight is 201 g/mol. The second-order valence-corrected chi connectivity index (χ2v) is 3.63. The first-order chi connectivity index (χ1) is 6.67. The summed E-state index contributed by atoms with van der Waals surface area (Å²) in [5.74, 6) is -0.101. The maximum absolute atomic E-state index is 11.7. The molecule has 0 spiro atoms. The summed E-state index contributed by atoms with van der Waals surface area (Å²) < 4.78 is 0. The Bertz CT molecular complexity index is 153. The molecule has 0 rings (SSSR count). The Morgan fingerprint density at radius 3 is 2.00 bits per heavy atom. The van der Waals surface area contributed by atoms with Gasteiger partial charge in [-0.15, -0.1) is 0 Å². The molecule has 3 nitrogen and oxygen atoms in total. The van der Waals surface area contributed by atoms with Gasteiger partial charge in [-0.2, -0.15) is 0 Å². The molecular weight excluding hydrogens is 178 g/mol. The summed E-state index contributed by atoms with van der Waals surface area (Å²) in [7, 11) is 0. The predicted molar refractivity (Wildman–Crippen MR) is 58.1 cm³/mol. The highest BCUT2D eigenvalue weighted by Gasteiger charge is 2.19. The zero-order valence-corrected chi connectivity index (χ0v) is 9.62. The summed E-state index contributed by atoms with van der Waals surface area (Å²) in [6.45, 7) is 7.58. The van der Waals surface area contributed by atoms with Gasteiger partial charge >= 0.3 is 0 Å². The van der Waals surface area contributed by atoms with Crippen molar-refractivity contribution in [2.45, 2.75) is 52.6 Å². The van der Waals surface area contributed by atoms with Crippen molar-refractivity contribution in [3.8, 4) is 0 Å². The lowest BCUT2D eigenvalue weighted by atomic mass is 10.2. The fraction of sp³-hybridized carbons (Fsp3) is 0.909. The minimum atomic E-state index is -0.793. The van der Waals surface area contributed by atoms with Gasteiger partial charge in [-0.1, -0.05) is 27.2 Å². The molecule has 0 aliphatic carbocycles. The molecule has 0 aromatic heterocycles. The normalized spacial score (nSPS) is 12.6. The van der Waals surface area contributed by atoms with Gasteiger partial charge in [-0.3, -0.25) is 4.79 Å². The molecule has 0 aliphatic rings. The topological polar surface area (TPSA) is 40.5 Å². The first-order valence-electron chi connectivity index (χ1n) is 5.64. The standard InChI is InChI=1S/C11H23NO2/c1-4-7-10(13)11(14)12(8-5-2)9-6-3/h10,13H,4-9H2,1-3H3/t10-/m1/s1. The summed E-state index contributed by atoms with van der Waals surface area (Å²) >= 11 is 0. The van der Waals surface area contributed by atoms with E-state index >= 15 is 0 Å². The van der Waals surface area contributed by atoms with Crippen LogP contribution in [0.25, 0.3) is 0 Å². The largest absolute Gasteiger partial charge is 0.383 e. The summed E-state index contributed by atoms with van der Waals surface area (Å²) in [6.07, 6.45) is 2.52. The molecule has 0 fully saturated rings. The van der Waals surface area contributed by atoms with E-state index < -0.39 is 6.10 Å². The summed E-state index contributed by atoms with van der Waals surface area (Å²) in [4.78, 5) is 13.5. The van der Waals surface area contributed by atoms with Gasteiger partial charge in [0.1, 0.15) is 6.10 Å². The molecule has 1 atom stereocenters. The number of aliphatic hydroxyl groups excluding tert-OH is 1. The van der Waals surface area contributed by atoms with Crippen LogP contribution in [0, 0.1) is 0 Å². The maximum atomic E-state index is 11.7. The van der Waals surface area contributed by atoms with Gasteiger partial charge < -0.3 is 10.0 Å². The third kappa shape index (κ3) is 4.61. The van der Waals surface area contributed by atoms with Crippen LogP contribution in [0.3, 0.4) is 0 Å². The van der Waals surface area contributed by atoms with Gasteiger partial charge in [0.15, 0.2) is 0 Å². The number of nitrogens with zero attached hydrogens (tertiary/aromatic N) is 1. The van der Waals surface area contributed by atoms with Crippen LogP contribution in [0.5, 0.6) is 0 Å². The van der Waals surface area contributed by atoms with E-state index in [1.165, 1.54) is 0 Å². The van der Waals surface area contributed by atoms with E-state index in [0.29, 0.717) is 6.42 Å². The summed E-state index contributed by atoms with van der Waals surface area (Å²) in [5.41, 5.74) is 0. The van der Waals surface area contributed by atoms with Crippen LogP contribution in [0.2, 0.25) is 0 Å². The molecule has 1 N–H and O–H groups in total. The van der Waals surface area contributed by atoms with Crippen LogP contribution >= 0.6 is 0 Å². The Morgan fingerprint density at radius 1 is 1.14 bits per heavy atom. The quantitative estimate of drug-likeness (QED) is 0.682. The van der Waals surface area contributed by atoms with Gasteiger partial charge in [-0.25, -0.2) is 0 Å². The Balaban J connectivity index is 4.11. The Labute approximate surface area is 87.1 Å². The number of carbonyl (C=O) groups is 1. The zero-order valence-electron chi connectivity index (χ0n) is 9.62. The number of aliphatic hydroxyl groups is 1. The van der Waals surface area contributed by atoms with E-state index in [0.717, 1.165) is 32.4 Å². The molecule has 0 aromatic rings. The fourth-order valence-electron chi connectivity index (χ4n) is 1.48. The number of rotatable bonds is 7. The molecule has 14 heavy (non-hydrogen) atoms. The van der Waals surface area contributed by atoms with Crippen molar-refractivity contribution in [3.05, 3.63) is 0 Å². The highest BCUT2D eigenvalue weighted by atomic mass is 16.3. The molecule has 0 heterocycles. The van der Waals surface area contributed by atoms with E-state index in [4.69, 9.17) is 0 Å². The number of hydrogen-bond donors (Lipinski definition) is 1. The van der Waals surface area contributed by atoms with E-state index in [1.807, 2.05) is 20.8 Å². The molecule has 3 heteroatoms. The van der Waals surface area contributed by atoms with Crippen molar-refractivity contribution in [1.82, 2.24) is 4.90 Å². The monoisotopic (exact) mass is 201 g/mol. The van der Waals surface area contributed by atoms with Crippen molar-refractivity contribution < 1.29 is 9.90 Å². The Morgan fingerprint density at radius 2 is 1.64 bits per heavy atom. The van der Waals surface area contributed by atoms with Gasteiger partial charge in [0, 0.05) is 13.1 Å². The number of hydrogen-bond acceptors (Lipinski definition) is 2. The van der Waals surface area contributed by atoms with Gasteiger partial charge in [-0.05, 0) is 19.3 Å². The number of carbonyl (C=O) groups excluding carboxylic acids is 1. The SMILES string of the molecule is CCC[C@@H](O)C(=O)N(CCC)CCC. The van der Waals surface area contributed by atoms with Crippen LogP contribution in [0.15, 0.2) is 0 Å². The molecule has 0 aromatic carbocycles. The van der Waals surface area contributed by atoms with Gasteiger partial charge in [0.25, 0.3) is 5.91 Å². The maximum Gasteiger partial charge on any atom is 0.251 e. The molecule has 0 unspecified atom stereocenters. The van der Waals surface area contributed by atoms with Crippen molar-refractivity contribution in [2.24, 2.45) is 0 Å². The molecule has 0 saturated carbocycles. The lowest BCUT2D eigenvalue weighted by Crippen LogP contribution is -2.40. The average Bonchev–Trinajstić information content (AvgIpc) is 2.17. The van der Waals surface area contributed by atoms with E-state index in [2.05, 4.69) is 0 Å². The smallest absolute Gasteiger partial charge is 0.251 e. The van der Waals surface area contributed by atoms with Crippen LogP contribution in [0.1, 0.15) is 46.5 Å². The van der Waals surface area contributed by atoms with E-state index in [1.54, 1.807) is 4.90 Å². The third-order valence-electron chi connectivity index (χ3n) is 2.15. The van der Waals surface area contributed by atoms with Crippen LogP contribution in [0.4, 0.5) is 0 Å². The first-order valence-corrected chi connectivity index (χ1v) is 5.64. The molecule has 0 aliphatic heterocycles. The Hall–Kier alpha value is -0.570. The molecule has 1 amide bonds. The summed E-state index contributed by atoms with van der Waals surface area (Å²) in [6, 6.07) is 0. The van der Waals surface area contributed by atoms with Gasteiger partial charge in [0.05, 0.1) is 0 Å². The molecule has 0 radical (unpaired) electrons. The highest BCUT2D eigenvalue weighted by Crippen LogP contribution is 2.04. The van der Waals surface area contributed by atoms with Crippen molar-refractivity contribution >= 4 is 5.91 Å². The second-order valence-electron chi connectivity index (χ2n) is 3.63. The minimum Gasteiger partial charge on any atom is -0.383 e. The van der Waals surface area contributed by atoms with Crippen molar-refractivity contribution in [2.75, 3.05) is 13.1 Å². The third-order valence-corrected chi connectivity index (χ3v) is 2.15. The molecule has 84 valence electrons. The van der Waals surface area contributed by atoms with Crippen molar-refractivity contribution in [3.63, 3.8) is 0 Å². The van der Waals surface area contributed by atoms with Gasteiger partial charge in [0.2, 0.25) is 0 Å². The van der Waals surface area contributed by atoms with Crippen LogP contribution in [-0.4, -0.2) is 35.1 Å². The lowest BCUT2D eigenvalue weighted by Gasteiger charge is -2.24.